The Morgan fingerprint density at radius 1 is 0.350 bits per heavy atom. The second kappa shape index (κ2) is 14.2. The van der Waals surface area contributed by atoms with Gasteiger partial charge >= 0.3 is 0 Å². The van der Waals surface area contributed by atoms with Gasteiger partial charge < -0.3 is 9.80 Å². The molecule has 2 heterocycles. The molecule has 0 unspecified atom stereocenters. The first-order valence-electron chi connectivity index (χ1n) is 21.8. The zero-order valence-corrected chi connectivity index (χ0v) is 37.5. The summed E-state index contributed by atoms with van der Waals surface area (Å²) in [4.78, 5) is 5.13. The molecule has 0 spiro atoms. The van der Waals surface area contributed by atoms with Gasteiger partial charge in [0, 0.05) is 45.0 Å². The van der Waals surface area contributed by atoms with E-state index in [9.17, 15) is 0 Å². The summed E-state index contributed by atoms with van der Waals surface area (Å²) in [5.41, 5.74) is 20.2. The zero-order valence-electron chi connectivity index (χ0n) is 37.5. The summed E-state index contributed by atoms with van der Waals surface area (Å²) in [5.74, 6) is 0. The summed E-state index contributed by atoms with van der Waals surface area (Å²) < 4.78 is 0. The minimum atomic E-state index is -0.199. The second-order valence-corrected chi connectivity index (χ2v) is 20.4. The highest BCUT2D eigenvalue weighted by molar-refractivity contribution is 7.00. The summed E-state index contributed by atoms with van der Waals surface area (Å²) in [6.45, 7) is 25.6. The SMILES string of the molecule is Cc1cc2c3c(c1)N(c1cccc(C(C)(C)C)c1)c1cc(C(C)(C)C)ccc1B3c1cc(C(C)(C)c3ccccc3)ccc1N2c1ccc(C(C)(C)c2ccccc2)cc1. The fraction of sp³-hybridized carbons (Fsp3) is 0.263. The number of hydrogen-bond acceptors (Lipinski definition) is 2. The van der Waals surface area contributed by atoms with E-state index in [0.29, 0.717) is 0 Å². The van der Waals surface area contributed by atoms with E-state index in [0.717, 1.165) is 0 Å². The highest BCUT2D eigenvalue weighted by Crippen LogP contribution is 2.47. The molecule has 0 aromatic heterocycles. The molecule has 0 saturated carbocycles. The lowest BCUT2D eigenvalue weighted by atomic mass is 9.33. The Morgan fingerprint density at radius 3 is 1.42 bits per heavy atom. The third kappa shape index (κ3) is 6.58. The van der Waals surface area contributed by atoms with Crippen molar-refractivity contribution in [2.75, 3.05) is 9.80 Å². The van der Waals surface area contributed by atoms with E-state index in [4.69, 9.17) is 0 Å². The molecule has 300 valence electrons. The lowest BCUT2D eigenvalue weighted by molar-refractivity contribution is 0.590. The monoisotopic (exact) mass is 782 g/mol. The van der Waals surface area contributed by atoms with Gasteiger partial charge in [0.25, 0.3) is 6.71 Å². The van der Waals surface area contributed by atoms with Crippen LogP contribution in [0.4, 0.5) is 34.1 Å². The largest absolute Gasteiger partial charge is 0.311 e. The van der Waals surface area contributed by atoms with Crippen LogP contribution in [0.1, 0.15) is 108 Å². The highest BCUT2D eigenvalue weighted by Gasteiger charge is 2.44. The van der Waals surface area contributed by atoms with E-state index in [1.807, 2.05) is 0 Å². The van der Waals surface area contributed by atoms with E-state index in [2.05, 4.69) is 244 Å². The van der Waals surface area contributed by atoms with Crippen LogP contribution in [0.15, 0.2) is 158 Å². The van der Waals surface area contributed by atoms with Crippen LogP contribution in [0.2, 0.25) is 0 Å². The first-order valence-corrected chi connectivity index (χ1v) is 21.8. The predicted molar refractivity (Wildman–Crippen MR) is 260 cm³/mol. The van der Waals surface area contributed by atoms with Crippen LogP contribution < -0.4 is 26.2 Å². The number of nitrogens with zero attached hydrogens (tertiary/aromatic N) is 2. The summed E-state index contributed by atoms with van der Waals surface area (Å²) in [6, 6.07) is 60.0. The van der Waals surface area contributed by atoms with Crippen LogP contribution in [0.3, 0.4) is 0 Å². The fourth-order valence-corrected chi connectivity index (χ4v) is 9.73. The predicted octanol–water partition coefficient (Wildman–Crippen LogP) is 13.3. The maximum Gasteiger partial charge on any atom is 0.252 e. The van der Waals surface area contributed by atoms with Crippen molar-refractivity contribution in [3.05, 3.63) is 197 Å². The van der Waals surface area contributed by atoms with E-state index in [-0.39, 0.29) is 28.4 Å². The average molecular weight is 783 g/mol. The molecule has 0 amide bonds. The van der Waals surface area contributed by atoms with Gasteiger partial charge in [0.2, 0.25) is 0 Å². The van der Waals surface area contributed by atoms with Crippen molar-refractivity contribution >= 4 is 57.2 Å². The van der Waals surface area contributed by atoms with Gasteiger partial charge in [-0.3, -0.25) is 0 Å². The molecule has 0 fully saturated rings. The Labute approximate surface area is 360 Å². The molecular weight excluding hydrogens is 723 g/mol. The van der Waals surface area contributed by atoms with Crippen molar-refractivity contribution in [1.29, 1.82) is 0 Å². The quantitative estimate of drug-likeness (QED) is 0.155. The number of hydrogen-bond donors (Lipinski definition) is 0. The average Bonchev–Trinajstić information content (AvgIpc) is 3.23. The van der Waals surface area contributed by atoms with Crippen molar-refractivity contribution in [1.82, 2.24) is 0 Å². The number of rotatable bonds is 6. The topological polar surface area (TPSA) is 6.48 Å². The van der Waals surface area contributed by atoms with Crippen LogP contribution >= 0.6 is 0 Å². The molecule has 0 radical (unpaired) electrons. The van der Waals surface area contributed by atoms with Gasteiger partial charge in [0.05, 0.1) is 0 Å². The molecule has 9 rings (SSSR count). The maximum absolute atomic E-state index is 2.58. The summed E-state index contributed by atoms with van der Waals surface area (Å²) in [6.07, 6.45) is 0. The minimum absolute atomic E-state index is 0.00931. The van der Waals surface area contributed by atoms with Crippen LogP contribution in [-0.2, 0) is 21.7 Å². The first-order chi connectivity index (χ1) is 28.4. The third-order valence-electron chi connectivity index (χ3n) is 13.6. The van der Waals surface area contributed by atoms with Crippen molar-refractivity contribution in [3.8, 4) is 0 Å². The highest BCUT2D eigenvalue weighted by atomic mass is 15.2. The molecule has 2 aliphatic heterocycles. The van der Waals surface area contributed by atoms with Gasteiger partial charge in [0.1, 0.15) is 0 Å². The van der Waals surface area contributed by atoms with E-state index >= 15 is 0 Å². The molecule has 2 aliphatic rings. The molecule has 0 aliphatic carbocycles. The van der Waals surface area contributed by atoms with E-state index < -0.39 is 0 Å². The van der Waals surface area contributed by atoms with Gasteiger partial charge in [-0.1, -0.05) is 178 Å². The molecule has 7 aromatic rings. The van der Waals surface area contributed by atoms with Crippen LogP contribution in [0, 0.1) is 6.92 Å². The fourth-order valence-electron chi connectivity index (χ4n) is 9.73. The Morgan fingerprint density at radius 2 is 0.833 bits per heavy atom. The molecule has 0 saturated heterocycles. The van der Waals surface area contributed by atoms with E-state index in [1.165, 1.54) is 89.5 Å². The molecule has 0 N–H and O–H groups in total. The number of aryl methyl sites for hydroxylation is 1. The van der Waals surface area contributed by atoms with Crippen LogP contribution in [-0.4, -0.2) is 6.71 Å². The molecular formula is C57H59BN2. The van der Waals surface area contributed by atoms with Gasteiger partial charge in [-0.25, -0.2) is 0 Å². The molecule has 3 heteroatoms. The van der Waals surface area contributed by atoms with Crippen LogP contribution in [0.25, 0.3) is 0 Å². The first kappa shape index (κ1) is 39.7. The summed E-state index contributed by atoms with van der Waals surface area (Å²) in [5, 5.41) is 0. The number of anilines is 6. The Hall–Kier alpha value is -5.80. The van der Waals surface area contributed by atoms with Gasteiger partial charge in [0.15, 0.2) is 0 Å². The molecule has 2 nitrogen and oxygen atoms in total. The summed E-state index contributed by atoms with van der Waals surface area (Å²) >= 11 is 0. The van der Waals surface area contributed by atoms with Crippen molar-refractivity contribution in [2.45, 2.75) is 97.8 Å². The normalized spacial score (nSPS) is 13.8. The van der Waals surface area contributed by atoms with Crippen molar-refractivity contribution < 1.29 is 0 Å². The Bertz CT molecular complexity index is 2730. The van der Waals surface area contributed by atoms with Crippen molar-refractivity contribution in [2.24, 2.45) is 0 Å². The lowest BCUT2D eigenvalue weighted by Gasteiger charge is -2.45. The van der Waals surface area contributed by atoms with Gasteiger partial charge in [-0.05, 0) is 122 Å². The van der Waals surface area contributed by atoms with Crippen molar-refractivity contribution in [3.63, 3.8) is 0 Å². The minimum Gasteiger partial charge on any atom is -0.311 e. The van der Waals surface area contributed by atoms with Gasteiger partial charge in [-0.2, -0.15) is 0 Å². The lowest BCUT2D eigenvalue weighted by Crippen LogP contribution is -2.61. The Kier molecular flexibility index (Phi) is 9.36. The number of benzene rings is 7. The Balaban J connectivity index is 1.32. The molecule has 0 bridgehead atoms. The van der Waals surface area contributed by atoms with Gasteiger partial charge in [-0.15, -0.1) is 0 Å². The number of fused-ring (bicyclic) bond motifs is 4. The molecule has 0 atom stereocenters. The standard InChI is InChI=1S/C57H59BN2/c1-38-33-51-53-52(34-38)60(46-24-18-23-42(35-46)54(2,3)4)50-37-43(55(5,6)7)27-31-47(50)58(53)48-36-44(57(10,11)40-21-16-13-17-22-40)28-32-49(48)59(51)45-29-25-41(26-30-45)56(8,9)39-19-14-12-15-20-39/h12-37H,1-11H3. The van der Waals surface area contributed by atoms with Crippen LogP contribution in [0.5, 0.6) is 0 Å². The third-order valence-corrected chi connectivity index (χ3v) is 13.6. The zero-order chi connectivity index (χ0) is 42.4. The summed E-state index contributed by atoms with van der Waals surface area (Å²) in [7, 11) is 0. The smallest absolute Gasteiger partial charge is 0.252 e. The maximum atomic E-state index is 2.58. The molecule has 7 aromatic carbocycles. The van der Waals surface area contributed by atoms with E-state index in [1.54, 1.807) is 0 Å². The molecule has 60 heavy (non-hydrogen) atoms. The second-order valence-electron chi connectivity index (χ2n) is 20.4.